The van der Waals surface area contributed by atoms with Gasteiger partial charge in [-0.25, -0.2) is 4.79 Å². The zero-order chi connectivity index (χ0) is 19.0. The number of aromatic nitrogens is 4. The third-order valence-corrected chi connectivity index (χ3v) is 4.61. The second-order valence-electron chi connectivity index (χ2n) is 5.61. The third kappa shape index (κ3) is 2.93. The number of fused-ring (bicyclic) bond motifs is 1. The van der Waals surface area contributed by atoms with E-state index in [1.54, 1.807) is 6.07 Å². The lowest BCUT2D eigenvalue weighted by Crippen LogP contribution is -2.32. The van der Waals surface area contributed by atoms with Crippen molar-refractivity contribution in [3.05, 3.63) is 69.7 Å². The van der Waals surface area contributed by atoms with Gasteiger partial charge in [0.15, 0.2) is 5.76 Å². The lowest BCUT2D eigenvalue weighted by molar-refractivity contribution is -0.136. The third-order valence-electron chi connectivity index (χ3n) is 4.08. The number of nitrogens with one attached hydrogen (secondary N) is 1. The number of Topliss-reactive ketones (excluding diaryl/α,β-unsaturated/α-hetero) is 1. The summed E-state index contributed by atoms with van der Waals surface area (Å²) in [7, 11) is 1.23. The van der Waals surface area contributed by atoms with Gasteiger partial charge in [-0.1, -0.05) is 33.2 Å². The van der Waals surface area contributed by atoms with E-state index < -0.39 is 17.8 Å². The molecular weight excluding hydrogens is 418 g/mol. The van der Waals surface area contributed by atoms with Crippen LogP contribution in [-0.4, -0.2) is 39.1 Å². The fourth-order valence-corrected chi connectivity index (χ4v) is 3.15. The Morgan fingerprint density at radius 1 is 1.26 bits per heavy atom. The summed E-state index contributed by atoms with van der Waals surface area (Å²) < 4.78 is 12.4. The van der Waals surface area contributed by atoms with Crippen molar-refractivity contribution >= 4 is 33.6 Å². The van der Waals surface area contributed by atoms with Gasteiger partial charge in [0.2, 0.25) is 11.7 Å². The van der Waals surface area contributed by atoms with Crippen LogP contribution in [0.4, 0.5) is 5.95 Å². The van der Waals surface area contributed by atoms with E-state index in [0.29, 0.717) is 5.56 Å². The summed E-state index contributed by atoms with van der Waals surface area (Å²) in [5, 5.41) is 14.3. The fraction of sp³-hybridized carbons (Fsp3) is 0.118. The molecule has 4 rings (SSSR count). The Morgan fingerprint density at radius 2 is 2.04 bits per heavy atom. The number of anilines is 1. The quantitative estimate of drug-likeness (QED) is 0.496. The van der Waals surface area contributed by atoms with Crippen LogP contribution in [0.25, 0.3) is 0 Å². The number of hydrogen-bond acceptors (Lipinski definition) is 8. The van der Waals surface area contributed by atoms with Crippen molar-refractivity contribution in [1.82, 2.24) is 20.2 Å². The molecule has 0 aliphatic carbocycles. The average molecular weight is 430 g/mol. The van der Waals surface area contributed by atoms with Gasteiger partial charge in [-0.05, 0) is 40.3 Å². The fourth-order valence-electron chi connectivity index (χ4n) is 2.88. The summed E-state index contributed by atoms with van der Waals surface area (Å²) in [5.41, 5.74) is 0.803. The first-order valence-corrected chi connectivity index (χ1v) is 8.60. The van der Waals surface area contributed by atoms with Crippen LogP contribution in [0.3, 0.4) is 0 Å². The maximum absolute atomic E-state index is 13.2. The van der Waals surface area contributed by atoms with Crippen LogP contribution in [-0.2, 0) is 9.53 Å². The number of nitrogens with zero attached hydrogens (tertiary/aromatic N) is 4. The van der Waals surface area contributed by atoms with Crippen molar-refractivity contribution in [2.45, 2.75) is 6.04 Å². The Bertz CT molecular complexity index is 1040. The van der Waals surface area contributed by atoms with Crippen molar-refractivity contribution in [1.29, 1.82) is 0 Å². The number of esters is 1. The van der Waals surface area contributed by atoms with Crippen LogP contribution in [0.1, 0.15) is 22.2 Å². The van der Waals surface area contributed by atoms with E-state index in [1.165, 1.54) is 24.1 Å². The summed E-state index contributed by atoms with van der Waals surface area (Å²) in [6.07, 6.45) is 1.39. The van der Waals surface area contributed by atoms with E-state index in [4.69, 9.17) is 9.15 Å². The van der Waals surface area contributed by atoms with E-state index in [0.717, 1.165) is 4.47 Å². The number of hydrogen-bond donors (Lipinski definition) is 1. The van der Waals surface area contributed by atoms with Crippen LogP contribution < -0.4 is 5.32 Å². The van der Waals surface area contributed by atoms with Gasteiger partial charge < -0.3 is 14.5 Å². The Morgan fingerprint density at radius 3 is 2.70 bits per heavy atom. The highest BCUT2D eigenvalue weighted by atomic mass is 79.9. The van der Waals surface area contributed by atoms with Crippen LogP contribution in [0.2, 0.25) is 0 Å². The first kappa shape index (κ1) is 17.2. The molecular formula is C17H12BrN5O4. The van der Waals surface area contributed by atoms with E-state index in [-0.39, 0.29) is 23.0 Å². The Kier molecular flexibility index (Phi) is 4.32. The van der Waals surface area contributed by atoms with Crippen molar-refractivity contribution in [3.8, 4) is 0 Å². The normalized spacial score (nSPS) is 15.9. The number of methoxy groups -OCH3 is 1. The first-order chi connectivity index (χ1) is 13.1. The maximum Gasteiger partial charge on any atom is 0.355 e. The molecule has 0 amide bonds. The van der Waals surface area contributed by atoms with Crippen molar-refractivity contribution in [2.24, 2.45) is 0 Å². The number of carbonyl (C=O) groups excluding carboxylic acids is 2. The molecule has 10 heteroatoms. The second kappa shape index (κ2) is 6.80. The SMILES string of the molecule is COC(=O)C1=C(C(=O)c2ccco2)[C@H](c2ccc(Br)cc2)n2nnnc2N1. The zero-order valence-corrected chi connectivity index (χ0v) is 15.5. The smallest absolute Gasteiger partial charge is 0.355 e. The molecule has 136 valence electrons. The first-order valence-electron chi connectivity index (χ1n) is 7.81. The largest absolute Gasteiger partial charge is 0.464 e. The van der Waals surface area contributed by atoms with Gasteiger partial charge >= 0.3 is 5.97 Å². The van der Waals surface area contributed by atoms with E-state index in [9.17, 15) is 9.59 Å². The van der Waals surface area contributed by atoms with Crippen molar-refractivity contribution in [3.63, 3.8) is 0 Å². The van der Waals surface area contributed by atoms with Gasteiger partial charge in [0.05, 0.1) is 18.9 Å². The number of ether oxygens (including phenoxy) is 1. The highest BCUT2D eigenvalue weighted by Crippen LogP contribution is 2.36. The molecule has 0 bridgehead atoms. The number of tetrazole rings is 1. The number of rotatable bonds is 4. The minimum Gasteiger partial charge on any atom is -0.464 e. The molecule has 0 saturated carbocycles. The van der Waals surface area contributed by atoms with Gasteiger partial charge in [0.1, 0.15) is 11.7 Å². The Balaban J connectivity index is 1.95. The maximum atomic E-state index is 13.2. The monoisotopic (exact) mass is 429 g/mol. The number of allylic oxidation sites excluding steroid dienone is 1. The predicted octanol–water partition coefficient (Wildman–Crippen LogP) is 2.35. The van der Waals surface area contributed by atoms with Gasteiger partial charge in [0, 0.05) is 4.47 Å². The molecule has 1 aromatic carbocycles. The van der Waals surface area contributed by atoms with E-state index in [1.807, 2.05) is 24.3 Å². The standard InChI is InChI=1S/C17H12BrN5O4/c1-26-16(25)13-12(15(24)11-3-2-8-27-11)14(9-4-6-10(18)7-5-9)23-17(19-13)20-21-22-23/h2-8,14H,1H3,(H,19,20,22)/t14-/m0/s1. The lowest BCUT2D eigenvalue weighted by Gasteiger charge is -2.27. The molecule has 0 spiro atoms. The molecule has 0 unspecified atom stereocenters. The molecule has 27 heavy (non-hydrogen) atoms. The molecule has 3 heterocycles. The molecule has 0 saturated heterocycles. The Labute approximate surface area is 161 Å². The minimum absolute atomic E-state index is 0.0332. The molecule has 1 N–H and O–H groups in total. The van der Waals surface area contributed by atoms with Crippen LogP contribution >= 0.6 is 15.9 Å². The number of benzene rings is 1. The topological polar surface area (TPSA) is 112 Å². The van der Waals surface area contributed by atoms with Crippen LogP contribution in [0.5, 0.6) is 0 Å². The average Bonchev–Trinajstić information content (AvgIpc) is 3.37. The predicted molar refractivity (Wildman–Crippen MR) is 95.8 cm³/mol. The van der Waals surface area contributed by atoms with Crippen LogP contribution in [0.15, 0.2) is 62.8 Å². The highest BCUT2D eigenvalue weighted by Gasteiger charge is 2.39. The molecule has 9 nitrogen and oxygen atoms in total. The summed E-state index contributed by atoms with van der Waals surface area (Å²) in [4.78, 5) is 25.6. The number of halogens is 1. The summed E-state index contributed by atoms with van der Waals surface area (Å²) in [6, 6.07) is 9.67. The molecule has 1 atom stereocenters. The minimum atomic E-state index is -0.740. The number of carbonyl (C=O) groups is 2. The summed E-state index contributed by atoms with van der Waals surface area (Å²) in [5.74, 6) is -0.866. The van der Waals surface area contributed by atoms with Gasteiger partial charge in [-0.3, -0.25) is 4.79 Å². The zero-order valence-electron chi connectivity index (χ0n) is 13.9. The summed E-state index contributed by atoms with van der Waals surface area (Å²) in [6.45, 7) is 0. The van der Waals surface area contributed by atoms with Crippen molar-refractivity contribution < 1.29 is 18.7 Å². The van der Waals surface area contributed by atoms with Crippen LogP contribution in [0, 0.1) is 0 Å². The second-order valence-corrected chi connectivity index (χ2v) is 6.53. The number of ketones is 1. The van der Waals surface area contributed by atoms with Gasteiger partial charge in [-0.15, -0.1) is 0 Å². The molecule has 2 aromatic heterocycles. The molecule has 0 radical (unpaired) electrons. The number of furan rings is 1. The molecule has 3 aromatic rings. The lowest BCUT2D eigenvalue weighted by atomic mass is 9.91. The highest BCUT2D eigenvalue weighted by molar-refractivity contribution is 9.10. The molecule has 1 aliphatic heterocycles. The summed E-state index contributed by atoms with van der Waals surface area (Å²) >= 11 is 3.39. The van der Waals surface area contributed by atoms with Gasteiger partial charge in [0.25, 0.3) is 0 Å². The van der Waals surface area contributed by atoms with Crippen molar-refractivity contribution in [2.75, 3.05) is 12.4 Å². The van der Waals surface area contributed by atoms with E-state index in [2.05, 4.69) is 36.8 Å². The van der Waals surface area contributed by atoms with Gasteiger partial charge in [-0.2, -0.15) is 4.68 Å². The molecule has 0 fully saturated rings. The molecule has 1 aliphatic rings. The van der Waals surface area contributed by atoms with E-state index >= 15 is 0 Å². The Hall–Kier alpha value is -3.27.